The molecule has 1 N–H and O–H groups in total. The number of aromatic nitrogens is 1. The van der Waals surface area contributed by atoms with Gasteiger partial charge in [-0.15, -0.1) is 0 Å². The molecule has 182 valence electrons. The number of pyridine rings is 1. The highest BCUT2D eigenvalue weighted by Gasteiger charge is 2.26. The minimum absolute atomic E-state index is 0.00235. The third-order valence-electron chi connectivity index (χ3n) is 6.47. The lowest BCUT2D eigenvalue weighted by atomic mass is 9.92. The first-order valence-electron chi connectivity index (χ1n) is 12.4. The second kappa shape index (κ2) is 11.2. The molecule has 2 aromatic carbocycles. The molecular weight excluding hydrogens is 438 g/mol. The van der Waals surface area contributed by atoms with Crippen molar-refractivity contribution in [1.82, 2.24) is 14.8 Å². The largest absolute Gasteiger partial charge is 0.350 e. The summed E-state index contributed by atoms with van der Waals surface area (Å²) in [7, 11) is 0. The van der Waals surface area contributed by atoms with Crippen LogP contribution in [-0.4, -0.2) is 40.4 Å². The summed E-state index contributed by atoms with van der Waals surface area (Å²) >= 11 is 0. The monoisotopic (exact) mass is 471 g/mol. The van der Waals surface area contributed by atoms with Crippen LogP contribution in [-0.2, 0) is 6.54 Å². The minimum Gasteiger partial charge on any atom is -0.350 e. The fourth-order valence-electron chi connectivity index (χ4n) is 4.70. The highest BCUT2D eigenvalue weighted by molar-refractivity contribution is 5.99. The van der Waals surface area contributed by atoms with Gasteiger partial charge in [-0.05, 0) is 50.2 Å². The lowest BCUT2D eigenvalue weighted by Crippen LogP contribution is -2.39. The average Bonchev–Trinajstić information content (AvgIpc) is 3.12. The molecule has 0 saturated carbocycles. The van der Waals surface area contributed by atoms with Crippen LogP contribution in [0, 0.1) is 0 Å². The summed E-state index contributed by atoms with van der Waals surface area (Å²) in [5.74, 6) is -0.363. The Labute approximate surface area is 206 Å². The Hall–Kier alpha value is -3.67. The summed E-state index contributed by atoms with van der Waals surface area (Å²) in [6.45, 7) is 5.33. The predicted molar refractivity (Wildman–Crippen MR) is 138 cm³/mol. The minimum atomic E-state index is -0.513. The maximum atomic E-state index is 13.6. The topological polar surface area (TPSA) is 71.4 Å². The lowest BCUT2D eigenvalue weighted by Gasteiger charge is -2.22. The third-order valence-corrected chi connectivity index (χ3v) is 6.47. The number of nitrogens with one attached hydrogen (secondary N) is 1. The van der Waals surface area contributed by atoms with Crippen molar-refractivity contribution in [2.45, 2.75) is 51.6 Å². The van der Waals surface area contributed by atoms with E-state index >= 15 is 0 Å². The summed E-state index contributed by atoms with van der Waals surface area (Å²) in [4.78, 5) is 41.5. The lowest BCUT2D eigenvalue weighted by molar-refractivity contribution is 0.0759. The van der Waals surface area contributed by atoms with E-state index in [1.807, 2.05) is 62.4 Å². The van der Waals surface area contributed by atoms with Gasteiger partial charge in [0.2, 0.25) is 5.43 Å². The highest BCUT2D eigenvalue weighted by atomic mass is 16.2. The van der Waals surface area contributed by atoms with Gasteiger partial charge < -0.3 is 14.8 Å². The van der Waals surface area contributed by atoms with Crippen molar-refractivity contribution in [1.29, 1.82) is 0 Å². The van der Waals surface area contributed by atoms with E-state index in [1.54, 1.807) is 21.9 Å². The van der Waals surface area contributed by atoms with Crippen molar-refractivity contribution >= 4 is 11.8 Å². The Morgan fingerprint density at radius 2 is 1.57 bits per heavy atom. The number of hydrogen-bond acceptors (Lipinski definition) is 3. The van der Waals surface area contributed by atoms with Gasteiger partial charge in [0.05, 0.1) is 0 Å². The van der Waals surface area contributed by atoms with Crippen LogP contribution in [0.25, 0.3) is 0 Å². The third kappa shape index (κ3) is 6.07. The highest BCUT2D eigenvalue weighted by Crippen LogP contribution is 2.28. The summed E-state index contributed by atoms with van der Waals surface area (Å²) < 4.78 is 1.77. The molecule has 3 aromatic rings. The van der Waals surface area contributed by atoms with Gasteiger partial charge in [-0.3, -0.25) is 14.4 Å². The van der Waals surface area contributed by atoms with Crippen LogP contribution in [0.4, 0.5) is 0 Å². The number of carbonyl (C=O) groups excluding carboxylic acids is 2. The molecule has 0 bridgehead atoms. The van der Waals surface area contributed by atoms with E-state index in [1.165, 1.54) is 5.56 Å². The number of nitrogens with zero attached hydrogens (tertiary/aromatic N) is 2. The van der Waals surface area contributed by atoms with Crippen molar-refractivity contribution < 1.29 is 9.59 Å². The quantitative estimate of drug-likeness (QED) is 0.578. The molecule has 1 aliphatic heterocycles. The van der Waals surface area contributed by atoms with Crippen LogP contribution >= 0.6 is 0 Å². The van der Waals surface area contributed by atoms with E-state index < -0.39 is 11.3 Å². The summed E-state index contributed by atoms with van der Waals surface area (Å²) in [6, 6.07) is 20.0. The second-order valence-corrected chi connectivity index (χ2v) is 9.53. The molecule has 0 aliphatic carbocycles. The SMILES string of the molecule is CC(C)NC(=O)c1cn(Cc2ccccc2)cc(C(=O)N2CCC[C@H](c3ccccc3)CC2)c1=O. The normalized spacial score (nSPS) is 16.1. The molecule has 1 saturated heterocycles. The van der Waals surface area contributed by atoms with E-state index in [0.717, 1.165) is 24.8 Å². The molecule has 1 atom stereocenters. The van der Waals surface area contributed by atoms with Gasteiger partial charge in [0.1, 0.15) is 11.1 Å². The zero-order valence-electron chi connectivity index (χ0n) is 20.4. The van der Waals surface area contributed by atoms with Gasteiger partial charge in [0, 0.05) is 38.1 Å². The second-order valence-electron chi connectivity index (χ2n) is 9.53. The summed E-state index contributed by atoms with van der Waals surface area (Å²) in [5.41, 5.74) is 1.85. The van der Waals surface area contributed by atoms with Crippen molar-refractivity contribution in [3.63, 3.8) is 0 Å². The van der Waals surface area contributed by atoms with Gasteiger partial charge >= 0.3 is 0 Å². The predicted octanol–water partition coefficient (Wildman–Crippen LogP) is 4.44. The zero-order chi connectivity index (χ0) is 24.8. The van der Waals surface area contributed by atoms with Crippen molar-refractivity contribution in [3.8, 4) is 0 Å². The van der Waals surface area contributed by atoms with Crippen LogP contribution in [0.1, 0.15) is 70.9 Å². The van der Waals surface area contributed by atoms with Crippen LogP contribution in [0.15, 0.2) is 77.9 Å². The Kier molecular flexibility index (Phi) is 7.80. The number of likely N-dealkylation sites (tertiary alicyclic amines) is 1. The van der Waals surface area contributed by atoms with Crippen LogP contribution in [0.5, 0.6) is 0 Å². The number of benzene rings is 2. The Bertz CT molecular complexity index is 1220. The van der Waals surface area contributed by atoms with E-state index in [-0.39, 0.29) is 23.1 Å². The smallest absolute Gasteiger partial charge is 0.259 e. The molecule has 0 spiro atoms. The maximum absolute atomic E-state index is 13.6. The molecule has 35 heavy (non-hydrogen) atoms. The van der Waals surface area contributed by atoms with Crippen molar-refractivity contribution in [2.75, 3.05) is 13.1 Å². The molecular formula is C29H33N3O3. The molecule has 4 rings (SSSR count). The van der Waals surface area contributed by atoms with E-state index in [0.29, 0.717) is 25.6 Å². The van der Waals surface area contributed by atoms with Gasteiger partial charge in [0.15, 0.2) is 0 Å². The van der Waals surface area contributed by atoms with E-state index in [9.17, 15) is 14.4 Å². The number of hydrogen-bond donors (Lipinski definition) is 1. The summed E-state index contributed by atoms with van der Waals surface area (Å²) in [6.07, 6.45) is 5.88. The zero-order valence-corrected chi connectivity index (χ0v) is 20.4. The number of rotatable bonds is 6. The Morgan fingerprint density at radius 3 is 2.26 bits per heavy atom. The molecule has 1 fully saturated rings. The van der Waals surface area contributed by atoms with Gasteiger partial charge in [-0.2, -0.15) is 0 Å². The fourth-order valence-corrected chi connectivity index (χ4v) is 4.70. The molecule has 0 radical (unpaired) electrons. The van der Waals surface area contributed by atoms with E-state index in [2.05, 4.69) is 17.4 Å². The van der Waals surface area contributed by atoms with Crippen molar-refractivity contribution in [3.05, 3.63) is 106 Å². The first kappa shape index (κ1) is 24.5. The molecule has 2 heterocycles. The molecule has 2 amide bonds. The average molecular weight is 472 g/mol. The Morgan fingerprint density at radius 1 is 0.914 bits per heavy atom. The summed E-state index contributed by atoms with van der Waals surface area (Å²) in [5, 5.41) is 2.79. The van der Waals surface area contributed by atoms with Crippen LogP contribution in [0.2, 0.25) is 0 Å². The molecule has 1 aliphatic rings. The van der Waals surface area contributed by atoms with Gasteiger partial charge in [-0.25, -0.2) is 0 Å². The van der Waals surface area contributed by atoms with Crippen LogP contribution < -0.4 is 10.7 Å². The van der Waals surface area contributed by atoms with E-state index in [4.69, 9.17) is 0 Å². The molecule has 1 aromatic heterocycles. The molecule has 6 heteroatoms. The first-order chi connectivity index (χ1) is 16.9. The van der Waals surface area contributed by atoms with Crippen LogP contribution in [0.3, 0.4) is 0 Å². The Balaban J connectivity index is 1.62. The maximum Gasteiger partial charge on any atom is 0.259 e. The van der Waals surface area contributed by atoms with Crippen molar-refractivity contribution in [2.24, 2.45) is 0 Å². The first-order valence-corrected chi connectivity index (χ1v) is 12.4. The standard InChI is InChI=1S/C29H33N3O3/c1-21(2)30-28(34)25-19-31(18-22-10-5-3-6-11-22)20-26(27(25)33)29(35)32-16-9-14-24(15-17-32)23-12-7-4-8-13-23/h3-8,10-13,19-21,24H,9,14-18H2,1-2H3,(H,30,34)/t24-/m0/s1. The number of amides is 2. The molecule has 6 nitrogen and oxygen atoms in total. The number of carbonyl (C=O) groups is 2. The van der Waals surface area contributed by atoms with Gasteiger partial charge in [0.25, 0.3) is 11.8 Å². The van der Waals surface area contributed by atoms with Gasteiger partial charge in [-0.1, -0.05) is 60.7 Å². The molecule has 0 unspecified atom stereocenters. The fraction of sp³-hybridized carbons (Fsp3) is 0.345.